The zero-order chi connectivity index (χ0) is 16.3. The van der Waals surface area contributed by atoms with Crippen molar-refractivity contribution in [2.75, 3.05) is 18.2 Å². The second-order valence-electron chi connectivity index (χ2n) is 4.85. The van der Waals surface area contributed by atoms with E-state index in [0.717, 1.165) is 6.07 Å². The van der Waals surface area contributed by atoms with E-state index in [1.165, 1.54) is 17.2 Å². The normalized spacial score (nSPS) is 20.6. The predicted molar refractivity (Wildman–Crippen MR) is 77.3 cm³/mol. The smallest absolute Gasteiger partial charge is 0.340 e. The van der Waals surface area contributed by atoms with Gasteiger partial charge in [-0.05, 0) is 26.0 Å². The molecule has 0 spiro atoms. The molecular formula is C14H14ClFN2O4. The van der Waals surface area contributed by atoms with Crippen LogP contribution >= 0.6 is 11.6 Å². The number of carbonyl (C=O) groups is 1. The lowest BCUT2D eigenvalue weighted by Crippen LogP contribution is -2.38. The molecule has 1 aromatic rings. The minimum Gasteiger partial charge on any atom is -0.464 e. The number of isocyanates is 1. The third kappa shape index (κ3) is 3.11. The van der Waals surface area contributed by atoms with E-state index in [9.17, 15) is 14.0 Å². The molecule has 0 radical (unpaired) electrons. The number of rotatable bonds is 4. The average molecular weight is 329 g/mol. The minimum absolute atomic E-state index is 0.0791. The number of hydrogen-bond acceptors (Lipinski definition) is 6. The number of halogens is 2. The zero-order valence-electron chi connectivity index (χ0n) is 12.1. The van der Waals surface area contributed by atoms with Crippen LogP contribution in [0.15, 0.2) is 17.1 Å². The van der Waals surface area contributed by atoms with Crippen molar-refractivity contribution in [1.82, 2.24) is 0 Å². The highest BCUT2D eigenvalue weighted by Crippen LogP contribution is 2.38. The number of benzene rings is 1. The molecule has 0 saturated carbocycles. The molecule has 6 nitrogen and oxygen atoms in total. The maximum atomic E-state index is 13.6. The molecule has 1 fully saturated rings. The van der Waals surface area contributed by atoms with E-state index in [4.69, 9.17) is 21.2 Å². The lowest BCUT2D eigenvalue weighted by atomic mass is 10.0. The Labute approximate surface area is 131 Å². The second kappa shape index (κ2) is 6.44. The van der Waals surface area contributed by atoms with Crippen LogP contribution in [-0.4, -0.2) is 30.8 Å². The van der Waals surface area contributed by atoms with E-state index in [1.54, 1.807) is 13.8 Å². The molecule has 22 heavy (non-hydrogen) atoms. The van der Waals surface area contributed by atoms with Crippen molar-refractivity contribution in [3.63, 3.8) is 0 Å². The van der Waals surface area contributed by atoms with Gasteiger partial charge in [0.25, 0.3) is 0 Å². The van der Waals surface area contributed by atoms with E-state index in [1.807, 2.05) is 0 Å². The van der Waals surface area contributed by atoms with Gasteiger partial charge < -0.3 is 4.74 Å². The largest absolute Gasteiger partial charge is 0.464 e. The SMILES string of the molecule is CCOC(=O)C1(C)CCN(c2cc(N=C=O)c(F)cc2Cl)O1. The van der Waals surface area contributed by atoms with Crippen molar-refractivity contribution < 1.29 is 23.6 Å². The molecule has 1 atom stereocenters. The van der Waals surface area contributed by atoms with Crippen LogP contribution in [0.5, 0.6) is 0 Å². The summed E-state index contributed by atoms with van der Waals surface area (Å²) in [7, 11) is 0. The van der Waals surface area contributed by atoms with Gasteiger partial charge in [0, 0.05) is 13.0 Å². The van der Waals surface area contributed by atoms with Crippen LogP contribution in [0.25, 0.3) is 0 Å². The van der Waals surface area contributed by atoms with E-state index >= 15 is 0 Å². The molecule has 0 amide bonds. The molecule has 0 N–H and O–H groups in total. The van der Waals surface area contributed by atoms with E-state index in [-0.39, 0.29) is 17.3 Å². The fourth-order valence-electron chi connectivity index (χ4n) is 2.09. The first kappa shape index (κ1) is 16.4. The number of hydroxylamine groups is 1. The molecule has 1 heterocycles. The maximum absolute atomic E-state index is 13.6. The average Bonchev–Trinajstić information content (AvgIpc) is 2.86. The molecule has 1 aliphatic heterocycles. The summed E-state index contributed by atoms with van der Waals surface area (Å²) in [4.78, 5) is 31.1. The van der Waals surface area contributed by atoms with E-state index in [0.29, 0.717) is 18.7 Å². The third-order valence-corrected chi connectivity index (χ3v) is 3.56. The van der Waals surface area contributed by atoms with Gasteiger partial charge >= 0.3 is 5.97 Å². The van der Waals surface area contributed by atoms with Gasteiger partial charge in [-0.15, -0.1) is 0 Å². The van der Waals surface area contributed by atoms with Crippen molar-refractivity contribution in [1.29, 1.82) is 0 Å². The van der Waals surface area contributed by atoms with Crippen LogP contribution in [0.4, 0.5) is 15.8 Å². The molecule has 0 aromatic heterocycles. The highest BCUT2D eigenvalue weighted by molar-refractivity contribution is 6.33. The summed E-state index contributed by atoms with van der Waals surface area (Å²) in [5.74, 6) is -1.23. The van der Waals surface area contributed by atoms with Crippen LogP contribution < -0.4 is 5.06 Å². The van der Waals surface area contributed by atoms with Gasteiger partial charge in [-0.3, -0.25) is 9.90 Å². The van der Waals surface area contributed by atoms with Crippen LogP contribution in [0.2, 0.25) is 5.02 Å². The standard InChI is InChI=1S/C14H14ClFN2O4/c1-3-21-13(20)14(2)4-5-18(22-14)12-7-11(17-8-19)10(16)6-9(12)15/h6-7H,3-5H2,1-2H3. The quantitative estimate of drug-likeness (QED) is 0.483. The summed E-state index contributed by atoms with van der Waals surface area (Å²) in [6.07, 6.45) is 1.65. The first-order chi connectivity index (χ1) is 10.4. The first-order valence-corrected chi connectivity index (χ1v) is 7.00. The van der Waals surface area contributed by atoms with Crippen LogP contribution in [0.3, 0.4) is 0 Å². The van der Waals surface area contributed by atoms with Gasteiger partial charge in [-0.25, -0.2) is 14.0 Å². The van der Waals surface area contributed by atoms with Gasteiger partial charge in [0.05, 0.1) is 17.3 Å². The Kier molecular flexibility index (Phi) is 4.81. The Hall–Kier alpha value is -1.95. The molecule has 0 aliphatic carbocycles. The third-order valence-electron chi connectivity index (χ3n) is 3.26. The van der Waals surface area contributed by atoms with Crippen LogP contribution in [0, 0.1) is 5.82 Å². The summed E-state index contributed by atoms with van der Waals surface area (Å²) in [5, 5.41) is 1.44. The molecule has 1 saturated heterocycles. The molecule has 8 heteroatoms. The highest BCUT2D eigenvalue weighted by atomic mass is 35.5. The Morgan fingerprint density at radius 3 is 3.00 bits per heavy atom. The Morgan fingerprint density at radius 1 is 1.64 bits per heavy atom. The van der Waals surface area contributed by atoms with E-state index < -0.39 is 17.4 Å². The van der Waals surface area contributed by atoms with Crippen molar-refractivity contribution in [2.24, 2.45) is 4.99 Å². The van der Waals surface area contributed by atoms with Gasteiger partial charge in [0.1, 0.15) is 5.69 Å². The zero-order valence-corrected chi connectivity index (χ0v) is 12.8. The van der Waals surface area contributed by atoms with Gasteiger partial charge in [0.15, 0.2) is 11.4 Å². The fourth-order valence-corrected chi connectivity index (χ4v) is 2.34. The fraction of sp³-hybridized carbons (Fsp3) is 0.429. The Morgan fingerprint density at radius 2 is 2.36 bits per heavy atom. The van der Waals surface area contributed by atoms with Crippen molar-refractivity contribution in [3.05, 3.63) is 23.0 Å². The first-order valence-electron chi connectivity index (χ1n) is 6.62. The maximum Gasteiger partial charge on any atom is 0.340 e. The molecule has 2 rings (SSSR count). The number of aliphatic imine (C=N–C) groups is 1. The summed E-state index contributed by atoms with van der Waals surface area (Å²) >= 11 is 6.00. The van der Waals surface area contributed by atoms with Gasteiger partial charge in [-0.1, -0.05) is 11.6 Å². The van der Waals surface area contributed by atoms with Crippen LogP contribution in [-0.2, 0) is 19.2 Å². The molecule has 1 aromatic carbocycles. The number of anilines is 1. The van der Waals surface area contributed by atoms with Crippen molar-refractivity contribution >= 4 is 35.0 Å². The lowest BCUT2D eigenvalue weighted by Gasteiger charge is -2.24. The van der Waals surface area contributed by atoms with E-state index in [2.05, 4.69) is 4.99 Å². The summed E-state index contributed by atoms with van der Waals surface area (Å²) in [6.45, 7) is 3.90. The minimum atomic E-state index is -1.14. The van der Waals surface area contributed by atoms with Gasteiger partial charge in [0.2, 0.25) is 6.08 Å². The summed E-state index contributed by atoms with van der Waals surface area (Å²) in [5.41, 5.74) is -1.03. The topological polar surface area (TPSA) is 68.2 Å². The van der Waals surface area contributed by atoms with Gasteiger partial charge in [-0.2, -0.15) is 4.99 Å². The molecule has 0 bridgehead atoms. The molecule has 118 valence electrons. The Balaban J connectivity index is 2.29. The molecule has 1 unspecified atom stereocenters. The summed E-state index contributed by atoms with van der Waals surface area (Å²) < 4.78 is 18.6. The monoisotopic (exact) mass is 328 g/mol. The Bertz CT molecular complexity index is 648. The lowest BCUT2D eigenvalue weighted by molar-refractivity contribution is -0.165. The number of ether oxygens (including phenoxy) is 1. The number of nitrogens with zero attached hydrogens (tertiary/aromatic N) is 2. The second-order valence-corrected chi connectivity index (χ2v) is 5.26. The molecular weight excluding hydrogens is 315 g/mol. The number of hydrogen-bond donors (Lipinski definition) is 0. The van der Waals surface area contributed by atoms with Crippen molar-refractivity contribution in [2.45, 2.75) is 25.9 Å². The summed E-state index contributed by atoms with van der Waals surface area (Å²) in [6, 6.07) is 2.29. The van der Waals surface area contributed by atoms with Crippen molar-refractivity contribution in [3.8, 4) is 0 Å². The number of carbonyl (C=O) groups excluding carboxylic acids is 2. The predicted octanol–water partition coefficient (Wildman–Crippen LogP) is 2.91. The number of esters is 1. The molecule has 1 aliphatic rings. The van der Waals surface area contributed by atoms with Crippen LogP contribution in [0.1, 0.15) is 20.3 Å². The highest BCUT2D eigenvalue weighted by Gasteiger charge is 2.44.